The van der Waals surface area contributed by atoms with E-state index >= 15 is 0 Å². The van der Waals surface area contributed by atoms with E-state index in [9.17, 15) is 22.3 Å². The van der Waals surface area contributed by atoms with Crippen LogP contribution < -0.4 is 0 Å². The minimum absolute atomic E-state index is 0.177. The highest BCUT2D eigenvalue weighted by Crippen LogP contribution is 2.65. The van der Waals surface area contributed by atoms with E-state index in [1.165, 1.54) is 18.9 Å². The summed E-state index contributed by atoms with van der Waals surface area (Å²) in [6, 6.07) is 0. The van der Waals surface area contributed by atoms with Crippen molar-refractivity contribution in [2.75, 3.05) is 6.26 Å². The quantitative estimate of drug-likeness (QED) is 0.575. The molecule has 0 bridgehead atoms. The first-order valence-electron chi connectivity index (χ1n) is 12.8. The Morgan fingerprint density at radius 1 is 1.18 bits per heavy atom. The van der Waals surface area contributed by atoms with Crippen LogP contribution in [0.3, 0.4) is 0 Å². The lowest BCUT2D eigenvalue weighted by Crippen LogP contribution is -2.52. The van der Waals surface area contributed by atoms with Crippen molar-refractivity contribution in [1.29, 1.82) is 0 Å². The number of nitrogens with zero attached hydrogens (tertiary/aromatic N) is 2. The van der Waals surface area contributed by atoms with E-state index in [4.69, 9.17) is 0 Å². The highest BCUT2D eigenvalue weighted by Gasteiger charge is 2.58. The Morgan fingerprint density at radius 2 is 1.91 bits per heavy atom. The average molecular weight is 497 g/mol. The summed E-state index contributed by atoms with van der Waals surface area (Å²) in [6.07, 6.45) is 9.35. The summed E-state index contributed by atoms with van der Waals surface area (Å²) in [5.41, 5.74) is -0.479. The molecule has 4 aliphatic carbocycles. The molecule has 0 aliphatic heterocycles. The zero-order chi connectivity index (χ0) is 24.5. The van der Waals surface area contributed by atoms with Crippen LogP contribution in [0, 0.1) is 40.9 Å². The standard InChI is InChI=1S/C26H38F2N2O3S/c1-16(14-30-15-18(13-29-30)34(3,32)33)22-6-7-23-21-5-4-17-12-26(31,24(27)28)11-9-19(17)20(21)8-10-25(22,23)2/h13,15,17,19-24,31H,1,4-12,14H2,2-3H3/t17-,19+,20-,21-,22-,23+,25-,26-/m1/s1. The van der Waals surface area contributed by atoms with Crippen LogP contribution in [-0.2, 0) is 16.4 Å². The molecular weight excluding hydrogens is 458 g/mol. The number of halogens is 2. The lowest BCUT2D eigenvalue weighted by atomic mass is 9.48. The van der Waals surface area contributed by atoms with E-state index in [1.54, 1.807) is 10.9 Å². The summed E-state index contributed by atoms with van der Waals surface area (Å²) in [5.74, 6) is 2.94. The molecule has 1 aromatic rings. The summed E-state index contributed by atoms with van der Waals surface area (Å²) in [6.45, 7) is 7.39. The molecule has 0 spiro atoms. The summed E-state index contributed by atoms with van der Waals surface area (Å²) < 4.78 is 52.2. The van der Waals surface area contributed by atoms with Gasteiger partial charge in [-0.15, -0.1) is 0 Å². The zero-order valence-corrected chi connectivity index (χ0v) is 21.1. The fourth-order valence-electron chi connectivity index (χ4n) is 8.72. The van der Waals surface area contributed by atoms with Crippen LogP contribution in [-0.4, -0.2) is 41.6 Å². The minimum Gasteiger partial charge on any atom is -0.384 e. The normalized spacial score (nSPS) is 42.2. The minimum atomic E-state index is -3.27. The van der Waals surface area contributed by atoms with Crippen molar-refractivity contribution in [3.63, 3.8) is 0 Å². The summed E-state index contributed by atoms with van der Waals surface area (Å²) in [7, 11) is -3.27. The van der Waals surface area contributed by atoms with Crippen molar-refractivity contribution in [3.8, 4) is 0 Å². The Kier molecular flexibility index (Phi) is 6.03. The van der Waals surface area contributed by atoms with E-state index in [-0.39, 0.29) is 29.1 Å². The van der Waals surface area contributed by atoms with Gasteiger partial charge in [0.2, 0.25) is 0 Å². The lowest BCUT2D eigenvalue weighted by Gasteiger charge is -2.57. The number of sulfone groups is 1. The molecule has 1 heterocycles. The Bertz CT molecular complexity index is 1060. The van der Waals surface area contributed by atoms with Crippen molar-refractivity contribution in [2.45, 2.75) is 88.2 Å². The maximum absolute atomic E-state index is 13.5. The summed E-state index contributed by atoms with van der Waals surface area (Å²) in [5, 5.41) is 14.7. The number of alkyl halides is 2. The number of hydrogen-bond donors (Lipinski definition) is 1. The number of hydrogen-bond acceptors (Lipinski definition) is 4. The van der Waals surface area contributed by atoms with Crippen LogP contribution in [0.25, 0.3) is 0 Å². The zero-order valence-electron chi connectivity index (χ0n) is 20.3. The molecule has 190 valence electrons. The Morgan fingerprint density at radius 3 is 2.59 bits per heavy atom. The van der Waals surface area contributed by atoms with Gasteiger partial charge in [0.25, 0.3) is 6.43 Å². The van der Waals surface area contributed by atoms with Gasteiger partial charge in [0, 0.05) is 12.5 Å². The van der Waals surface area contributed by atoms with E-state index < -0.39 is 21.9 Å². The topological polar surface area (TPSA) is 72.2 Å². The van der Waals surface area contributed by atoms with Crippen LogP contribution in [0.5, 0.6) is 0 Å². The molecule has 5 rings (SSSR count). The highest BCUT2D eigenvalue weighted by atomic mass is 32.2. The first-order chi connectivity index (χ1) is 15.9. The first kappa shape index (κ1) is 24.4. The van der Waals surface area contributed by atoms with Crippen LogP contribution >= 0.6 is 0 Å². The molecule has 0 unspecified atom stereocenters. The highest BCUT2D eigenvalue weighted by molar-refractivity contribution is 7.90. The molecule has 0 amide bonds. The van der Waals surface area contributed by atoms with Gasteiger partial charge in [0.05, 0.1) is 12.7 Å². The van der Waals surface area contributed by atoms with Gasteiger partial charge in [-0.1, -0.05) is 19.1 Å². The third kappa shape index (κ3) is 3.97. The second kappa shape index (κ2) is 8.39. The van der Waals surface area contributed by atoms with E-state index in [2.05, 4.69) is 18.6 Å². The molecule has 1 aromatic heterocycles. The van der Waals surface area contributed by atoms with Gasteiger partial charge in [-0.3, -0.25) is 4.68 Å². The summed E-state index contributed by atoms with van der Waals surface area (Å²) in [4.78, 5) is 0.235. The molecule has 8 heteroatoms. The predicted octanol–water partition coefficient (Wildman–Crippen LogP) is 5.11. The average Bonchev–Trinajstić information content (AvgIpc) is 3.37. The molecular formula is C26H38F2N2O3S. The van der Waals surface area contributed by atoms with E-state index in [0.717, 1.165) is 44.1 Å². The van der Waals surface area contributed by atoms with Gasteiger partial charge in [0.15, 0.2) is 9.84 Å². The number of rotatable bonds is 5. The van der Waals surface area contributed by atoms with Gasteiger partial charge in [-0.2, -0.15) is 5.10 Å². The predicted molar refractivity (Wildman–Crippen MR) is 126 cm³/mol. The maximum Gasteiger partial charge on any atom is 0.266 e. The lowest BCUT2D eigenvalue weighted by molar-refractivity contribution is -0.158. The van der Waals surface area contributed by atoms with Gasteiger partial charge < -0.3 is 5.11 Å². The van der Waals surface area contributed by atoms with Crippen LogP contribution in [0.4, 0.5) is 8.78 Å². The monoisotopic (exact) mass is 496 g/mol. The van der Waals surface area contributed by atoms with Crippen molar-refractivity contribution in [1.82, 2.24) is 9.78 Å². The van der Waals surface area contributed by atoms with Gasteiger partial charge >= 0.3 is 0 Å². The van der Waals surface area contributed by atoms with Gasteiger partial charge in [-0.05, 0) is 98.7 Å². The molecule has 8 atom stereocenters. The number of aliphatic hydroxyl groups is 1. The molecule has 0 saturated heterocycles. The SMILES string of the molecule is C=C(Cn1cc(S(C)(=O)=O)cn1)[C@H]1CC[C@H]2[C@@H]3CC[C@@H]4C[C@@](O)(C(F)F)CC[C@@H]4[C@H]3CC[C@]12C. The molecule has 0 radical (unpaired) electrons. The van der Waals surface area contributed by atoms with Crippen LogP contribution in [0.15, 0.2) is 29.4 Å². The van der Waals surface area contributed by atoms with E-state index in [0.29, 0.717) is 36.1 Å². The van der Waals surface area contributed by atoms with E-state index in [1.807, 2.05) is 0 Å². The molecule has 0 aromatic carbocycles. The van der Waals surface area contributed by atoms with Crippen molar-refractivity contribution in [2.24, 2.45) is 40.9 Å². The fraction of sp³-hybridized carbons (Fsp3) is 0.808. The molecule has 34 heavy (non-hydrogen) atoms. The number of aromatic nitrogens is 2. The molecule has 1 N–H and O–H groups in total. The summed E-state index contributed by atoms with van der Waals surface area (Å²) >= 11 is 0. The molecule has 4 aliphatic rings. The molecule has 4 saturated carbocycles. The Labute approximate surface area is 201 Å². The Balaban J connectivity index is 1.28. The second-order valence-electron chi connectivity index (χ2n) is 12.1. The van der Waals surface area contributed by atoms with Gasteiger partial charge in [0.1, 0.15) is 10.5 Å². The second-order valence-corrected chi connectivity index (χ2v) is 14.1. The number of allylic oxidation sites excluding steroid dienone is 1. The van der Waals surface area contributed by atoms with Crippen molar-refractivity contribution >= 4 is 9.84 Å². The number of fused-ring (bicyclic) bond motifs is 5. The molecule has 5 nitrogen and oxygen atoms in total. The van der Waals surface area contributed by atoms with Crippen molar-refractivity contribution in [3.05, 3.63) is 24.5 Å². The van der Waals surface area contributed by atoms with Gasteiger partial charge in [-0.25, -0.2) is 17.2 Å². The fourth-order valence-corrected chi connectivity index (χ4v) is 9.27. The first-order valence-corrected chi connectivity index (χ1v) is 14.7. The maximum atomic E-state index is 13.5. The van der Waals surface area contributed by atoms with Crippen LogP contribution in [0.2, 0.25) is 0 Å². The molecule has 4 fully saturated rings. The van der Waals surface area contributed by atoms with Crippen LogP contribution in [0.1, 0.15) is 64.7 Å². The Hall–Kier alpha value is -1.28. The smallest absolute Gasteiger partial charge is 0.266 e. The largest absolute Gasteiger partial charge is 0.384 e. The van der Waals surface area contributed by atoms with Crippen molar-refractivity contribution < 1.29 is 22.3 Å². The third-order valence-corrected chi connectivity index (χ3v) is 11.4. The third-order valence-electron chi connectivity index (χ3n) is 10.3.